The Morgan fingerprint density at radius 1 is 1.35 bits per heavy atom. The molecular formula is C23H22N6O2. The van der Waals surface area contributed by atoms with Gasteiger partial charge in [0.15, 0.2) is 5.82 Å². The third kappa shape index (κ3) is 3.69. The van der Waals surface area contributed by atoms with Gasteiger partial charge in [-0.25, -0.2) is 14.5 Å². The van der Waals surface area contributed by atoms with Crippen LogP contribution in [0.5, 0.6) is 0 Å². The molecular weight excluding hydrogens is 392 g/mol. The minimum Gasteiger partial charge on any atom is -0.457 e. The topological polar surface area (TPSA) is 96.1 Å². The van der Waals surface area contributed by atoms with E-state index in [1.54, 1.807) is 23.0 Å². The third-order valence-electron chi connectivity index (χ3n) is 5.99. The van der Waals surface area contributed by atoms with Gasteiger partial charge in [0, 0.05) is 61.8 Å². The summed E-state index contributed by atoms with van der Waals surface area (Å²) in [6.07, 6.45) is 5.43. The normalized spacial score (nSPS) is 18.5. The van der Waals surface area contributed by atoms with Crippen molar-refractivity contribution in [2.24, 2.45) is 0 Å². The van der Waals surface area contributed by atoms with E-state index in [0.717, 1.165) is 42.9 Å². The minimum atomic E-state index is -0.227. The number of esters is 1. The summed E-state index contributed by atoms with van der Waals surface area (Å²) in [6, 6.07) is 9.66. The maximum atomic E-state index is 11.8. The van der Waals surface area contributed by atoms with E-state index in [-0.39, 0.29) is 12.0 Å². The summed E-state index contributed by atoms with van der Waals surface area (Å²) in [5, 5.41) is 17.1. The van der Waals surface area contributed by atoms with E-state index in [1.165, 1.54) is 5.56 Å². The summed E-state index contributed by atoms with van der Waals surface area (Å²) < 4.78 is 6.90. The van der Waals surface area contributed by atoms with Crippen LogP contribution in [0.4, 0.5) is 0 Å². The summed E-state index contributed by atoms with van der Waals surface area (Å²) >= 11 is 0. The van der Waals surface area contributed by atoms with Gasteiger partial charge < -0.3 is 10.1 Å². The number of piperazine rings is 1. The number of hydrogen-bond donors (Lipinski definition) is 1. The number of hydrogen-bond acceptors (Lipinski definition) is 7. The van der Waals surface area contributed by atoms with Crippen molar-refractivity contribution in [3.05, 3.63) is 76.2 Å². The van der Waals surface area contributed by atoms with Gasteiger partial charge in [-0.3, -0.25) is 4.90 Å². The van der Waals surface area contributed by atoms with Gasteiger partial charge in [-0.15, -0.1) is 0 Å². The van der Waals surface area contributed by atoms with Gasteiger partial charge in [0.2, 0.25) is 0 Å². The van der Waals surface area contributed by atoms with Gasteiger partial charge in [0.1, 0.15) is 6.61 Å². The molecule has 1 fully saturated rings. The number of pyridine rings is 1. The minimum absolute atomic E-state index is 0.193. The number of nitrogens with one attached hydrogen (secondary N) is 1. The van der Waals surface area contributed by atoms with Gasteiger partial charge in [-0.2, -0.15) is 10.4 Å². The van der Waals surface area contributed by atoms with E-state index in [1.807, 2.05) is 24.5 Å². The van der Waals surface area contributed by atoms with Crippen LogP contribution < -0.4 is 5.32 Å². The summed E-state index contributed by atoms with van der Waals surface area (Å²) in [5.41, 5.74) is 5.71. The Bertz CT molecular complexity index is 1200. The van der Waals surface area contributed by atoms with Crippen LogP contribution in [0.2, 0.25) is 0 Å². The van der Waals surface area contributed by atoms with Gasteiger partial charge in [-0.05, 0) is 30.2 Å². The molecule has 31 heavy (non-hydrogen) atoms. The second-order valence-corrected chi connectivity index (χ2v) is 7.93. The molecule has 0 aliphatic carbocycles. The van der Waals surface area contributed by atoms with Crippen LogP contribution in [0.15, 0.2) is 42.9 Å². The van der Waals surface area contributed by atoms with Crippen molar-refractivity contribution in [1.29, 1.82) is 5.26 Å². The molecule has 0 bridgehead atoms. The Hall–Kier alpha value is -3.54. The number of rotatable bonds is 4. The van der Waals surface area contributed by atoms with Gasteiger partial charge in [0.05, 0.1) is 23.4 Å². The first-order chi connectivity index (χ1) is 15.1. The van der Waals surface area contributed by atoms with Gasteiger partial charge >= 0.3 is 5.97 Å². The highest BCUT2D eigenvalue weighted by atomic mass is 16.5. The predicted octanol–water partition coefficient (Wildman–Crippen LogP) is 2.26. The van der Waals surface area contributed by atoms with E-state index < -0.39 is 0 Å². The first-order valence-corrected chi connectivity index (χ1v) is 10.3. The molecule has 0 amide bonds. The summed E-state index contributed by atoms with van der Waals surface area (Å²) in [7, 11) is 0. The average Bonchev–Trinajstić information content (AvgIpc) is 3.42. The largest absolute Gasteiger partial charge is 0.457 e. The van der Waals surface area contributed by atoms with Crippen LogP contribution in [0, 0.1) is 18.3 Å². The molecule has 3 aromatic rings. The fourth-order valence-electron chi connectivity index (χ4n) is 4.35. The van der Waals surface area contributed by atoms with Gasteiger partial charge in [-0.1, -0.05) is 6.07 Å². The quantitative estimate of drug-likeness (QED) is 0.654. The molecule has 5 rings (SSSR count). The Kier molecular flexibility index (Phi) is 4.98. The zero-order valence-corrected chi connectivity index (χ0v) is 17.2. The van der Waals surface area contributed by atoms with Gasteiger partial charge in [0.25, 0.3) is 0 Å². The first-order valence-electron chi connectivity index (χ1n) is 10.3. The number of benzene rings is 1. The Labute approximate surface area is 180 Å². The Morgan fingerprint density at radius 2 is 2.26 bits per heavy atom. The number of carbonyl (C=O) groups is 1. The number of aromatic nitrogens is 3. The number of carbonyl (C=O) groups excluding carboxylic acids is 1. The number of ether oxygens (including phenoxy) is 1. The molecule has 1 atom stereocenters. The molecule has 1 saturated heterocycles. The molecule has 1 unspecified atom stereocenters. The third-order valence-corrected chi connectivity index (χ3v) is 5.99. The van der Waals surface area contributed by atoms with Crippen molar-refractivity contribution in [3.8, 4) is 11.9 Å². The molecule has 1 aromatic carbocycles. The van der Waals surface area contributed by atoms with Crippen LogP contribution in [0.3, 0.4) is 0 Å². The van der Waals surface area contributed by atoms with E-state index in [9.17, 15) is 4.79 Å². The van der Waals surface area contributed by atoms with Crippen LogP contribution in [-0.4, -0.2) is 45.3 Å². The van der Waals surface area contributed by atoms with Crippen molar-refractivity contribution in [2.75, 3.05) is 19.6 Å². The van der Waals surface area contributed by atoms with Crippen molar-refractivity contribution < 1.29 is 9.53 Å². The van der Waals surface area contributed by atoms with Crippen LogP contribution >= 0.6 is 0 Å². The zero-order chi connectivity index (χ0) is 21.4. The monoisotopic (exact) mass is 414 g/mol. The Morgan fingerprint density at radius 3 is 3.13 bits per heavy atom. The first kappa shape index (κ1) is 19.4. The van der Waals surface area contributed by atoms with Crippen LogP contribution in [-0.2, 0) is 17.9 Å². The molecule has 0 saturated carbocycles. The summed E-state index contributed by atoms with van der Waals surface area (Å²) in [6.45, 7) is 5.91. The molecule has 1 N–H and O–H groups in total. The van der Waals surface area contributed by atoms with E-state index in [2.05, 4.69) is 33.3 Å². The Balaban J connectivity index is 1.30. The number of nitrogens with zero attached hydrogens (tertiary/aromatic N) is 5. The highest BCUT2D eigenvalue weighted by Crippen LogP contribution is 2.30. The smallest absolute Gasteiger partial charge is 0.338 e. The zero-order valence-electron chi connectivity index (χ0n) is 17.2. The van der Waals surface area contributed by atoms with Crippen LogP contribution in [0.25, 0.3) is 5.82 Å². The lowest BCUT2D eigenvalue weighted by atomic mass is 9.93. The number of cyclic esters (lactones) is 1. The van der Waals surface area contributed by atoms with E-state index in [4.69, 9.17) is 10.00 Å². The molecule has 2 aliphatic heterocycles. The lowest BCUT2D eigenvalue weighted by Crippen LogP contribution is -2.45. The van der Waals surface area contributed by atoms with E-state index in [0.29, 0.717) is 23.6 Å². The molecule has 8 nitrogen and oxygen atoms in total. The second-order valence-electron chi connectivity index (χ2n) is 7.93. The van der Waals surface area contributed by atoms with Crippen molar-refractivity contribution >= 4 is 5.97 Å². The average molecular weight is 414 g/mol. The fourth-order valence-corrected chi connectivity index (χ4v) is 4.35. The molecule has 0 spiro atoms. The lowest BCUT2D eigenvalue weighted by Gasteiger charge is -2.34. The number of fused-ring (bicyclic) bond motifs is 1. The lowest BCUT2D eigenvalue weighted by molar-refractivity contribution is 0.0535. The van der Waals surface area contributed by atoms with Crippen molar-refractivity contribution in [1.82, 2.24) is 25.0 Å². The predicted molar refractivity (Wildman–Crippen MR) is 112 cm³/mol. The molecule has 2 aliphatic rings. The molecule has 4 heterocycles. The number of nitriles is 1. The molecule has 156 valence electrons. The van der Waals surface area contributed by atoms with Crippen molar-refractivity contribution in [3.63, 3.8) is 0 Å². The second kappa shape index (κ2) is 7.95. The summed E-state index contributed by atoms with van der Waals surface area (Å²) in [5.74, 6) is 0.406. The SMILES string of the molecule is Cc1c(C2CN(Cc3cnn(-c4cc(C#N)ccn4)c3)CCN2)ccc2c1COC2=O. The molecule has 0 radical (unpaired) electrons. The highest BCUT2D eigenvalue weighted by Gasteiger charge is 2.28. The molecule has 8 heteroatoms. The van der Waals surface area contributed by atoms with Crippen molar-refractivity contribution in [2.45, 2.75) is 26.1 Å². The highest BCUT2D eigenvalue weighted by molar-refractivity contribution is 5.94. The fraction of sp³-hybridized carbons (Fsp3) is 0.304. The maximum absolute atomic E-state index is 11.8. The van der Waals surface area contributed by atoms with Crippen LogP contribution in [0.1, 0.15) is 44.2 Å². The molecule has 2 aromatic heterocycles. The standard InChI is InChI=1S/C23H22N6O2/c1-15-18(2-3-19-20(15)14-31-23(19)30)21-13-28(7-6-25-21)11-17-10-27-29(12-17)22-8-16(9-24)4-5-26-22/h2-5,8,10,12,21,25H,6-7,11,13-14H2,1H3. The summed E-state index contributed by atoms with van der Waals surface area (Å²) in [4.78, 5) is 18.5. The van der Waals surface area contributed by atoms with E-state index >= 15 is 0 Å². The maximum Gasteiger partial charge on any atom is 0.338 e.